The number of rotatable bonds is 6. The van der Waals surface area contributed by atoms with Crippen LogP contribution in [-0.2, 0) is 9.53 Å². The summed E-state index contributed by atoms with van der Waals surface area (Å²) in [5, 5.41) is 0. The number of unbranched alkanes of at least 4 members (excludes halogenated alkanes) is 4. The highest BCUT2D eigenvalue weighted by Gasteiger charge is 2.32. The largest absolute Gasteiger partial charge is 0.432 e. The second-order valence-corrected chi connectivity index (χ2v) is 5.41. The molecule has 0 N–H and O–H groups in total. The summed E-state index contributed by atoms with van der Waals surface area (Å²) in [6.45, 7) is 2.15. The Bertz CT molecular complexity index is 209. The first-order chi connectivity index (χ1) is 6.98. The van der Waals surface area contributed by atoms with Crippen LogP contribution in [0.2, 0.25) is 0 Å². The van der Waals surface area contributed by atoms with E-state index in [0.717, 1.165) is 12.8 Å². The van der Waals surface area contributed by atoms with Crippen molar-refractivity contribution in [3.8, 4) is 0 Å². The van der Waals surface area contributed by atoms with Gasteiger partial charge in [0.05, 0.1) is 6.26 Å². The molecule has 0 aliphatic heterocycles. The van der Waals surface area contributed by atoms with Crippen molar-refractivity contribution in [1.29, 1.82) is 0 Å². The van der Waals surface area contributed by atoms with Gasteiger partial charge in [0.25, 0.3) is 3.79 Å². The smallest absolute Gasteiger partial charge is 0.363 e. The van der Waals surface area contributed by atoms with E-state index in [1.54, 1.807) is 6.08 Å². The summed E-state index contributed by atoms with van der Waals surface area (Å²) in [6.07, 6.45) is 8.58. The van der Waals surface area contributed by atoms with Crippen LogP contribution in [-0.4, -0.2) is 9.76 Å². The van der Waals surface area contributed by atoms with Gasteiger partial charge >= 0.3 is 5.97 Å². The molecule has 0 rings (SSSR count). The summed E-state index contributed by atoms with van der Waals surface area (Å²) >= 11 is 15.9. The fraction of sp³-hybridized carbons (Fsp3) is 0.700. The minimum Gasteiger partial charge on any atom is -0.432 e. The maximum absolute atomic E-state index is 10.9. The van der Waals surface area contributed by atoms with Gasteiger partial charge < -0.3 is 4.74 Å². The van der Waals surface area contributed by atoms with Crippen molar-refractivity contribution < 1.29 is 9.53 Å². The number of esters is 1. The number of carbonyl (C=O) groups is 1. The molecule has 0 aliphatic carbocycles. The summed E-state index contributed by atoms with van der Waals surface area (Å²) in [7, 11) is 0. The van der Waals surface area contributed by atoms with Crippen molar-refractivity contribution in [3.63, 3.8) is 0 Å². The second kappa shape index (κ2) is 8.26. The van der Waals surface area contributed by atoms with Crippen LogP contribution in [0.1, 0.15) is 39.0 Å². The van der Waals surface area contributed by atoms with Gasteiger partial charge in [0.2, 0.25) is 0 Å². The van der Waals surface area contributed by atoms with Crippen molar-refractivity contribution in [2.75, 3.05) is 0 Å². The van der Waals surface area contributed by atoms with Gasteiger partial charge in [-0.2, -0.15) is 0 Å². The zero-order chi connectivity index (χ0) is 11.7. The van der Waals surface area contributed by atoms with E-state index in [0.29, 0.717) is 0 Å². The first-order valence-electron chi connectivity index (χ1n) is 4.91. The molecular formula is C10H15Cl3O2. The van der Waals surface area contributed by atoms with Crippen LogP contribution in [0.5, 0.6) is 0 Å². The summed E-state index contributed by atoms with van der Waals surface area (Å²) in [6, 6.07) is 0. The topological polar surface area (TPSA) is 26.3 Å². The Hall–Kier alpha value is 0.0800. The third kappa shape index (κ3) is 9.04. The zero-order valence-corrected chi connectivity index (χ0v) is 10.9. The predicted molar refractivity (Wildman–Crippen MR) is 64.3 cm³/mol. The number of ether oxygens (including phenoxy) is 1. The molecule has 0 aliphatic rings. The average molecular weight is 274 g/mol. The van der Waals surface area contributed by atoms with E-state index in [2.05, 4.69) is 11.7 Å². The summed E-state index contributed by atoms with van der Waals surface area (Å²) in [5.41, 5.74) is 0. The molecule has 0 radical (unpaired) electrons. The monoisotopic (exact) mass is 272 g/mol. The quantitative estimate of drug-likeness (QED) is 0.311. The van der Waals surface area contributed by atoms with E-state index in [1.807, 2.05) is 0 Å². The van der Waals surface area contributed by atoms with Crippen LogP contribution in [0.15, 0.2) is 12.3 Å². The van der Waals surface area contributed by atoms with Crippen molar-refractivity contribution in [1.82, 2.24) is 0 Å². The van der Waals surface area contributed by atoms with Crippen LogP contribution in [0.25, 0.3) is 0 Å². The van der Waals surface area contributed by atoms with Gasteiger partial charge in [-0.3, -0.25) is 0 Å². The average Bonchev–Trinajstić information content (AvgIpc) is 2.14. The summed E-state index contributed by atoms with van der Waals surface area (Å²) < 4.78 is 2.60. The molecule has 0 unspecified atom stereocenters. The molecule has 0 amide bonds. The molecule has 0 aromatic carbocycles. The van der Waals surface area contributed by atoms with E-state index in [9.17, 15) is 4.79 Å². The van der Waals surface area contributed by atoms with E-state index in [1.165, 1.54) is 25.5 Å². The predicted octanol–water partition coefficient (Wildman–Crippen LogP) is 4.38. The number of halogens is 3. The lowest BCUT2D eigenvalue weighted by atomic mass is 10.1. The highest BCUT2D eigenvalue weighted by molar-refractivity contribution is 6.75. The van der Waals surface area contributed by atoms with Gasteiger partial charge in [0, 0.05) is 0 Å². The number of allylic oxidation sites excluding steroid dienone is 1. The minimum atomic E-state index is -1.99. The van der Waals surface area contributed by atoms with Gasteiger partial charge in [-0.25, -0.2) is 4.79 Å². The molecule has 0 spiro atoms. The zero-order valence-electron chi connectivity index (χ0n) is 8.64. The maximum atomic E-state index is 10.9. The molecular weight excluding hydrogens is 258 g/mol. The van der Waals surface area contributed by atoms with Crippen LogP contribution >= 0.6 is 34.8 Å². The Morgan fingerprint density at radius 2 is 1.93 bits per heavy atom. The van der Waals surface area contributed by atoms with Crippen molar-refractivity contribution in [3.05, 3.63) is 12.3 Å². The fourth-order valence-electron chi connectivity index (χ4n) is 0.934. The molecule has 2 nitrogen and oxygen atoms in total. The molecule has 0 saturated heterocycles. The normalized spacial score (nSPS) is 12.0. The third-order valence-electron chi connectivity index (χ3n) is 1.73. The number of alkyl halides is 3. The lowest BCUT2D eigenvalue weighted by Gasteiger charge is -2.06. The van der Waals surface area contributed by atoms with Crippen molar-refractivity contribution in [2.45, 2.75) is 42.8 Å². The van der Waals surface area contributed by atoms with Gasteiger partial charge in [-0.05, 0) is 18.9 Å². The molecule has 15 heavy (non-hydrogen) atoms. The minimum absolute atomic E-state index is 0.868. The number of carbonyl (C=O) groups excluding carboxylic acids is 1. The Kier molecular flexibility index (Phi) is 8.30. The molecule has 0 saturated carbocycles. The lowest BCUT2D eigenvalue weighted by molar-refractivity contribution is -0.136. The van der Waals surface area contributed by atoms with Crippen LogP contribution < -0.4 is 0 Å². The Morgan fingerprint density at radius 3 is 2.47 bits per heavy atom. The number of hydrogen-bond acceptors (Lipinski definition) is 2. The first kappa shape index (κ1) is 15.1. The van der Waals surface area contributed by atoms with Crippen LogP contribution in [0, 0.1) is 0 Å². The van der Waals surface area contributed by atoms with Gasteiger partial charge in [0.15, 0.2) is 0 Å². The highest BCUT2D eigenvalue weighted by atomic mass is 35.6. The fourth-order valence-corrected chi connectivity index (χ4v) is 1.07. The molecule has 0 atom stereocenters. The molecule has 0 aromatic heterocycles. The number of hydrogen-bond donors (Lipinski definition) is 0. The standard InChI is InChI=1S/C10H15Cl3O2/c1-2-3-4-5-6-7-8-15-9(14)10(11,12)13/h7-8H,2-6H2,1H3/b8-7+. The van der Waals surface area contributed by atoms with Crippen molar-refractivity contribution >= 4 is 40.8 Å². The van der Waals surface area contributed by atoms with Crippen molar-refractivity contribution in [2.24, 2.45) is 0 Å². The summed E-state index contributed by atoms with van der Waals surface area (Å²) in [5.74, 6) is -0.877. The van der Waals surface area contributed by atoms with Crippen LogP contribution in [0.3, 0.4) is 0 Å². The van der Waals surface area contributed by atoms with E-state index >= 15 is 0 Å². The summed E-state index contributed by atoms with van der Waals surface area (Å²) in [4.78, 5) is 10.9. The molecule has 0 heterocycles. The van der Waals surface area contributed by atoms with E-state index in [-0.39, 0.29) is 0 Å². The Morgan fingerprint density at radius 1 is 1.27 bits per heavy atom. The molecule has 0 bridgehead atoms. The molecule has 5 heteroatoms. The third-order valence-corrected chi connectivity index (χ3v) is 2.19. The maximum Gasteiger partial charge on any atom is 0.363 e. The highest BCUT2D eigenvalue weighted by Crippen LogP contribution is 2.27. The SMILES string of the molecule is CCCCCC/C=C/OC(=O)C(Cl)(Cl)Cl. The van der Waals surface area contributed by atoms with E-state index in [4.69, 9.17) is 34.8 Å². The second-order valence-electron chi connectivity index (χ2n) is 3.12. The van der Waals surface area contributed by atoms with Gasteiger partial charge in [-0.1, -0.05) is 61.0 Å². The van der Waals surface area contributed by atoms with Gasteiger partial charge in [0.1, 0.15) is 0 Å². The van der Waals surface area contributed by atoms with Gasteiger partial charge in [-0.15, -0.1) is 0 Å². The molecule has 88 valence electrons. The Labute approximate surface area is 106 Å². The molecule has 0 fully saturated rings. The first-order valence-corrected chi connectivity index (χ1v) is 6.04. The lowest BCUT2D eigenvalue weighted by Crippen LogP contribution is -2.19. The molecule has 0 aromatic rings. The Balaban J connectivity index is 3.51. The van der Waals surface area contributed by atoms with Crippen LogP contribution in [0.4, 0.5) is 0 Å². The van der Waals surface area contributed by atoms with E-state index < -0.39 is 9.76 Å².